The zero-order valence-electron chi connectivity index (χ0n) is 10.0. The summed E-state index contributed by atoms with van der Waals surface area (Å²) in [4.78, 5) is 10.7. The molecule has 0 saturated heterocycles. The summed E-state index contributed by atoms with van der Waals surface area (Å²) >= 11 is 0.887. The summed E-state index contributed by atoms with van der Waals surface area (Å²) in [5.74, 6) is -1.13. The lowest BCUT2D eigenvalue weighted by Crippen LogP contribution is -2.22. The molecule has 0 aliphatic heterocycles. The standard InChI is InChI=1S/C11H12N2O4S2/c1-13-3-2-8(6-13)5-12-19(16,17)9-4-10(11(14)15)18-7-9/h2-4,6-7,12H,5H2,1H3,(H,14,15). The van der Waals surface area contributed by atoms with E-state index in [-0.39, 0.29) is 16.3 Å². The number of aryl methyl sites for hydroxylation is 1. The lowest BCUT2D eigenvalue weighted by molar-refractivity contribution is 0.0702. The zero-order valence-corrected chi connectivity index (χ0v) is 11.7. The summed E-state index contributed by atoms with van der Waals surface area (Å²) in [6.45, 7) is 0.168. The molecule has 0 atom stereocenters. The van der Waals surface area contributed by atoms with Crippen LogP contribution in [0.25, 0.3) is 0 Å². The Labute approximate surface area is 114 Å². The lowest BCUT2D eigenvalue weighted by Gasteiger charge is -2.03. The number of carbonyl (C=O) groups is 1. The van der Waals surface area contributed by atoms with E-state index < -0.39 is 16.0 Å². The van der Waals surface area contributed by atoms with Crippen LogP contribution in [0.15, 0.2) is 34.8 Å². The fourth-order valence-corrected chi connectivity index (χ4v) is 3.63. The molecule has 2 heterocycles. The first-order valence-electron chi connectivity index (χ1n) is 5.31. The van der Waals surface area contributed by atoms with Gasteiger partial charge in [0.2, 0.25) is 10.0 Å². The van der Waals surface area contributed by atoms with Crippen molar-refractivity contribution < 1.29 is 18.3 Å². The van der Waals surface area contributed by atoms with Crippen LogP contribution in [0.1, 0.15) is 15.2 Å². The first-order valence-corrected chi connectivity index (χ1v) is 7.67. The van der Waals surface area contributed by atoms with Gasteiger partial charge in [0.15, 0.2) is 0 Å². The van der Waals surface area contributed by atoms with E-state index in [0.717, 1.165) is 23.0 Å². The molecule has 0 amide bonds. The number of hydrogen-bond acceptors (Lipinski definition) is 4. The van der Waals surface area contributed by atoms with Crippen LogP contribution in [0.4, 0.5) is 0 Å². The molecular formula is C11H12N2O4S2. The van der Waals surface area contributed by atoms with Gasteiger partial charge in [0.1, 0.15) is 4.88 Å². The van der Waals surface area contributed by atoms with Gasteiger partial charge < -0.3 is 9.67 Å². The number of rotatable bonds is 5. The van der Waals surface area contributed by atoms with Crippen LogP contribution in [0.3, 0.4) is 0 Å². The summed E-state index contributed by atoms with van der Waals surface area (Å²) in [5.41, 5.74) is 0.833. The average molecular weight is 300 g/mol. The number of nitrogens with zero attached hydrogens (tertiary/aromatic N) is 1. The molecule has 102 valence electrons. The maximum atomic E-state index is 11.9. The highest BCUT2D eigenvalue weighted by Gasteiger charge is 2.18. The molecule has 0 fully saturated rings. The van der Waals surface area contributed by atoms with Crippen LogP contribution in [0.2, 0.25) is 0 Å². The van der Waals surface area contributed by atoms with E-state index in [4.69, 9.17) is 5.11 Å². The van der Waals surface area contributed by atoms with Gasteiger partial charge in [-0.05, 0) is 17.7 Å². The molecule has 0 aliphatic carbocycles. The Morgan fingerprint density at radius 1 is 1.53 bits per heavy atom. The van der Waals surface area contributed by atoms with Gasteiger partial charge in [0.05, 0.1) is 4.90 Å². The van der Waals surface area contributed by atoms with Crippen molar-refractivity contribution in [2.75, 3.05) is 0 Å². The molecule has 0 unspecified atom stereocenters. The molecule has 0 radical (unpaired) electrons. The zero-order chi connectivity index (χ0) is 14.0. The predicted octanol–water partition coefficient (Wildman–Crippen LogP) is 1.26. The molecule has 8 heteroatoms. The smallest absolute Gasteiger partial charge is 0.345 e. The fraction of sp³-hybridized carbons (Fsp3) is 0.182. The van der Waals surface area contributed by atoms with Crippen molar-refractivity contribution in [1.29, 1.82) is 0 Å². The van der Waals surface area contributed by atoms with Gasteiger partial charge in [-0.3, -0.25) is 0 Å². The Morgan fingerprint density at radius 2 is 2.26 bits per heavy atom. The maximum Gasteiger partial charge on any atom is 0.345 e. The molecule has 2 N–H and O–H groups in total. The summed E-state index contributed by atoms with van der Waals surface area (Å²) in [6, 6.07) is 2.96. The molecule has 2 rings (SSSR count). The second kappa shape index (κ2) is 5.16. The van der Waals surface area contributed by atoms with E-state index in [1.165, 1.54) is 5.38 Å². The van der Waals surface area contributed by atoms with Crippen molar-refractivity contribution in [3.63, 3.8) is 0 Å². The summed E-state index contributed by atoms with van der Waals surface area (Å²) in [6.07, 6.45) is 3.62. The monoisotopic (exact) mass is 300 g/mol. The number of nitrogens with one attached hydrogen (secondary N) is 1. The Hall–Kier alpha value is -1.64. The Morgan fingerprint density at radius 3 is 2.79 bits per heavy atom. The van der Waals surface area contributed by atoms with Gasteiger partial charge in [0.25, 0.3) is 0 Å². The van der Waals surface area contributed by atoms with E-state index in [9.17, 15) is 13.2 Å². The number of aromatic nitrogens is 1. The van der Waals surface area contributed by atoms with Crippen molar-refractivity contribution in [3.05, 3.63) is 40.3 Å². The van der Waals surface area contributed by atoms with Crippen molar-refractivity contribution in [3.8, 4) is 0 Å². The SMILES string of the molecule is Cn1ccc(CNS(=O)(=O)c2csc(C(=O)O)c2)c1. The number of carboxylic acid groups (broad SMARTS) is 1. The number of sulfonamides is 1. The topological polar surface area (TPSA) is 88.4 Å². The molecule has 0 spiro atoms. The van der Waals surface area contributed by atoms with Crippen molar-refractivity contribution >= 4 is 27.3 Å². The van der Waals surface area contributed by atoms with Gasteiger partial charge >= 0.3 is 5.97 Å². The quantitative estimate of drug-likeness (QED) is 0.870. The van der Waals surface area contributed by atoms with Gasteiger partial charge in [-0.25, -0.2) is 17.9 Å². The highest BCUT2D eigenvalue weighted by Crippen LogP contribution is 2.19. The molecule has 2 aromatic heterocycles. The molecular weight excluding hydrogens is 288 g/mol. The van der Waals surface area contributed by atoms with E-state index in [1.807, 2.05) is 17.8 Å². The molecule has 0 bridgehead atoms. The normalized spacial score (nSPS) is 11.6. The van der Waals surface area contributed by atoms with Gasteiger partial charge in [-0.1, -0.05) is 0 Å². The van der Waals surface area contributed by atoms with Crippen molar-refractivity contribution in [2.24, 2.45) is 7.05 Å². The van der Waals surface area contributed by atoms with Crippen LogP contribution in [0, 0.1) is 0 Å². The lowest BCUT2D eigenvalue weighted by atomic mass is 10.4. The Kier molecular flexibility index (Phi) is 3.74. The summed E-state index contributed by atoms with van der Waals surface area (Å²) < 4.78 is 28.1. The van der Waals surface area contributed by atoms with Crippen LogP contribution < -0.4 is 4.72 Å². The van der Waals surface area contributed by atoms with Gasteiger partial charge in [-0.15, -0.1) is 11.3 Å². The van der Waals surface area contributed by atoms with E-state index in [2.05, 4.69) is 4.72 Å². The highest BCUT2D eigenvalue weighted by atomic mass is 32.2. The second-order valence-electron chi connectivity index (χ2n) is 3.96. The van der Waals surface area contributed by atoms with E-state index in [1.54, 1.807) is 12.3 Å². The summed E-state index contributed by atoms with van der Waals surface area (Å²) in [7, 11) is -1.83. The van der Waals surface area contributed by atoms with Crippen molar-refractivity contribution in [1.82, 2.24) is 9.29 Å². The first-order chi connectivity index (χ1) is 8.88. The number of aromatic carboxylic acids is 1. The van der Waals surface area contributed by atoms with E-state index >= 15 is 0 Å². The third-order valence-electron chi connectivity index (χ3n) is 2.46. The average Bonchev–Trinajstić information content (AvgIpc) is 2.95. The minimum Gasteiger partial charge on any atom is -0.477 e. The second-order valence-corrected chi connectivity index (χ2v) is 6.64. The third-order valence-corrected chi connectivity index (χ3v) is 4.90. The van der Waals surface area contributed by atoms with Crippen LogP contribution in [0.5, 0.6) is 0 Å². The van der Waals surface area contributed by atoms with Crippen LogP contribution in [-0.4, -0.2) is 24.1 Å². The molecule has 6 nitrogen and oxygen atoms in total. The predicted molar refractivity (Wildman–Crippen MR) is 70.7 cm³/mol. The number of hydrogen-bond donors (Lipinski definition) is 2. The fourth-order valence-electron chi connectivity index (χ4n) is 1.50. The summed E-state index contributed by atoms with van der Waals surface area (Å²) in [5, 5.41) is 10.1. The van der Waals surface area contributed by atoms with Crippen LogP contribution >= 0.6 is 11.3 Å². The minimum absolute atomic E-state index is 0.0000797. The third kappa shape index (κ3) is 3.22. The van der Waals surface area contributed by atoms with Crippen LogP contribution in [-0.2, 0) is 23.6 Å². The maximum absolute atomic E-state index is 11.9. The molecule has 2 aromatic rings. The van der Waals surface area contributed by atoms with Gasteiger partial charge in [0, 0.05) is 31.4 Å². The number of carboxylic acids is 1. The molecule has 0 saturated carbocycles. The molecule has 0 aromatic carbocycles. The Balaban J connectivity index is 2.11. The van der Waals surface area contributed by atoms with Crippen molar-refractivity contribution in [2.45, 2.75) is 11.4 Å². The minimum atomic E-state index is -3.67. The first kappa shape index (κ1) is 13.8. The number of thiophene rings is 1. The largest absolute Gasteiger partial charge is 0.477 e. The Bertz CT molecular complexity index is 700. The molecule has 0 aliphatic rings. The molecule has 19 heavy (non-hydrogen) atoms. The highest BCUT2D eigenvalue weighted by molar-refractivity contribution is 7.89. The van der Waals surface area contributed by atoms with Gasteiger partial charge in [-0.2, -0.15) is 0 Å². The van der Waals surface area contributed by atoms with E-state index in [0.29, 0.717) is 0 Å².